The van der Waals surface area contributed by atoms with E-state index in [0.717, 1.165) is 0 Å². The maximum Gasteiger partial charge on any atom is 0.0544 e. The van der Waals surface area contributed by atoms with E-state index in [1.54, 1.807) is 0 Å². The van der Waals surface area contributed by atoms with Crippen molar-refractivity contribution >= 4 is 21.8 Å². The highest BCUT2D eigenvalue weighted by Gasteiger charge is 2.36. The van der Waals surface area contributed by atoms with Crippen LogP contribution >= 0.6 is 0 Å². The summed E-state index contributed by atoms with van der Waals surface area (Å²) >= 11 is 0. The first-order valence-electron chi connectivity index (χ1n) is 10.3. The van der Waals surface area contributed by atoms with E-state index in [9.17, 15) is 0 Å². The second kappa shape index (κ2) is 5.61. The number of aryl methyl sites for hydroxylation is 1. The van der Waals surface area contributed by atoms with Gasteiger partial charge in [-0.2, -0.15) is 0 Å². The average Bonchev–Trinajstić information content (AvgIpc) is 3.17. The van der Waals surface area contributed by atoms with Crippen LogP contribution in [0.2, 0.25) is 0 Å². The molecule has 0 atom stereocenters. The van der Waals surface area contributed by atoms with Crippen LogP contribution in [0.4, 0.5) is 0 Å². The van der Waals surface area contributed by atoms with Gasteiger partial charge in [0.15, 0.2) is 0 Å². The predicted molar refractivity (Wildman–Crippen MR) is 123 cm³/mol. The highest BCUT2D eigenvalue weighted by molar-refractivity contribution is 6.11. The molecule has 1 heterocycles. The van der Waals surface area contributed by atoms with Crippen molar-refractivity contribution in [2.75, 3.05) is 0 Å². The maximum absolute atomic E-state index is 2.44. The van der Waals surface area contributed by atoms with Crippen LogP contribution in [-0.2, 0) is 5.41 Å². The zero-order chi connectivity index (χ0) is 19.8. The van der Waals surface area contributed by atoms with E-state index >= 15 is 0 Å². The third-order valence-corrected chi connectivity index (χ3v) is 6.64. The monoisotopic (exact) mass is 373 g/mol. The molecule has 0 aliphatic heterocycles. The van der Waals surface area contributed by atoms with E-state index in [1.165, 1.54) is 55.3 Å². The summed E-state index contributed by atoms with van der Waals surface area (Å²) in [5.41, 5.74) is 10.7. The first kappa shape index (κ1) is 16.6. The first-order valence-corrected chi connectivity index (χ1v) is 10.3. The number of nitrogens with zero attached hydrogens (tertiary/aromatic N) is 1. The van der Waals surface area contributed by atoms with Gasteiger partial charge >= 0.3 is 0 Å². The lowest BCUT2D eigenvalue weighted by atomic mass is 9.82. The summed E-state index contributed by atoms with van der Waals surface area (Å²) < 4.78 is 2.42. The van der Waals surface area contributed by atoms with Gasteiger partial charge in [-0.15, -0.1) is 0 Å². The summed E-state index contributed by atoms with van der Waals surface area (Å²) in [6.45, 7) is 6.88. The smallest absolute Gasteiger partial charge is 0.0544 e. The first-order chi connectivity index (χ1) is 14.1. The summed E-state index contributed by atoms with van der Waals surface area (Å²) in [5, 5.41) is 2.66. The second-order valence-corrected chi connectivity index (χ2v) is 8.78. The zero-order valence-electron chi connectivity index (χ0n) is 17.0. The fourth-order valence-corrected chi connectivity index (χ4v) is 5.18. The largest absolute Gasteiger partial charge is 0.309 e. The van der Waals surface area contributed by atoms with Gasteiger partial charge in [0.2, 0.25) is 0 Å². The predicted octanol–water partition coefficient (Wildman–Crippen LogP) is 7.40. The fraction of sp³-hybridized carbons (Fsp3) is 0.143. The molecule has 29 heavy (non-hydrogen) atoms. The van der Waals surface area contributed by atoms with Gasteiger partial charge in [-0.1, -0.05) is 67.9 Å². The van der Waals surface area contributed by atoms with Crippen molar-refractivity contribution in [1.82, 2.24) is 4.57 Å². The van der Waals surface area contributed by atoms with Gasteiger partial charge in [-0.3, -0.25) is 0 Å². The topological polar surface area (TPSA) is 4.93 Å². The Bertz CT molecular complexity index is 1420. The molecule has 1 aliphatic carbocycles. The van der Waals surface area contributed by atoms with Crippen molar-refractivity contribution in [2.45, 2.75) is 26.2 Å². The van der Waals surface area contributed by atoms with Gasteiger partial charge in [0.05, 0.1) is 11.0 Å². The molecule has 0 N–H and O–H groups in total. The van der Waals surface area contributed by atoms with Crippen LogP contribution in [0.15, 0.2) is 84.9 Å². The van der Waals surface area contributed by atoms with Crippen LogP contribution in [0.3, 0.4) is 0 Å². The minimum atomic E-state index is 0.00794. The van der Waals surface area contributed by atoms with Crippen molar-refractivity contribution < 1.29 is 0 Å². The number of para-hydroxylation sites is 1. The third kappa shape index (κ3) is 2.16. The van der Waals surface area contributed by atoms with E-state index in [2.05, 4.69) is 110 Å². The molecule has 1 aromatic heterocycles. The summed E-state index contributed by atoms with van der Waals surface area (Å²) in [4.78, 5) is 0. The Morgan fingerprint density at radius 2 is 1.34 bits per heavy atom. The molecular formula is C28H23N. The minimum absolute atomic E-state index is 0.00794. The normalized spacial score (nSPS) is 14.3. The van der Waals surface area contributed by atoms with Gasteiger partial charge in [-0.05, 0) is 65.6 Å². The second-order valence-electron chi connectivity index (χ2n) is 8.78. The molecule has 5 aromatic rings. The SMILES string of the molecule is Cc1ccc2c(c1)c1cc3c(cc1n2-c1ccccc1)C(C)(C)c1ccccc1-3. The van der Waals surface area contributed by atoms with Crippen LogP contribution in [-0.4, -0.2) is 4.57 Å². The van der Waals surface area contributed by atoms with Crippen LogP contribution in [0.5, 0.6) is 0 Å². The van der Waals surface area contributed by atoms with Crippen molar-refractivity contribution in [3.63, 3.8) is 0 Å². The molecule has 0 radical (unpaired) electrons. The number of hydrogen-bond acceptors (Lipinski definition) is 0. The number of aromatic nitrogens is 1. The van der Waals surface area contributed by atoms with Crippen molar-refractivity contribution in [3.05, 3.63) is 102 Å². The van der Waals surface area contributed by atoms with Crippen molar-refractivity contribution in [1.29, 1.82) is 0 Å². The Hall–Kier alpha value is -3.32. The van der Waals surface area contributed by atoms with Gasteiger partial charge < -0.3 is 4.57 Å². The molecule has 1 nitrogen and oxygen atoms in total. The molecule has 0 saturated carbocycles. The average molecular weight is 373 g/mol. The lowest BCUT2D eigenvalue weighted by Gasteiger charge is -2.21. The van der Waals surface area contributed by atoms with Gasteiger partial charge in [0.1, 0.15) is 0 Å². The van der Waals surface area contributed by atoms with Crippen molar-refractivity contribution in [2.24, 2.45) is 0 Å². The summed E-state index contributed by atoms with van der Waals surface area (Å²) in [6.07, 6.45) is 0. The third-order valence-electron chi connectivity index (χ3n) is 6.64. The van der Waals surface area contributed by atoms with E-state index in [0.29, 0.717) is 0 Å². The molecule has 0 bridgehead atoms. The molecule has 6 rings (SSSR count). The summed E-state index contributed by atoms with van der Waals surface area (Å²) in [6, 6.07) is 31.3. The Balaban J connectivity index is 1.80. The van der Waals surface area contributed by atoms with Crippen LogP contribution in [0.1, 0.15) is 30.5 Å². The number of benzene rings is 4. The Morgan fingerprint density at radius 3 is 2.17 bits per heavy atom. The van der Waals surface area contributed by atoms with Crippen LogP contribution in [0, 0.1) is 6.92 Å². The zero-order valence-corrected chi connectivity index (χ0v) is 17.0. The highest BCUT2D eigenvalue weighted by Crippen LogP contribution is 2.50. The lowest BCUT2D eigenvalue weighted by Crippen LogP contribution is -2.14. The van der Waals surface area contributed by atoms with E-state index in [4.69, 9.17) is 0 Å². The molecule has 140 valence electrons. The number of fused-ring (bicyclic) bond motifs is 6. The quantitative estimate of drug-likeness (QED) is 0.288. The molecule has 4 aromatic carbocycles. The van der Waals surface area contributed by atoms with Gasteiger partial charge in [0, 0.05) is 21.9 Å². The molecular weight excluding hydrogens is 350 g/mol. The van der Waals surface area contributed by atoms with Gasteiger partial charge in [0.25, 0.3) is 0 Å². The standard InChI is InChI=1S/C28H23N/c1-18-13-14-26-22(15-18)23-16-21-20-11-7-8-12-24(20)28(2,3)25(21)17-27(23)29(26)19-9-5-4-6-10-19/h4-17H,1-3H3. The molecule has 0 fully saturated rings. The summed E-state index contributed by atoms with van der Waals surface area (Å²) in [5.74, 6) is 0. The maximum atomic E-state index is 2.44. The van der Waals surface area contributed by atoms with E-state index in [1.807, 2.05) is 0 Å². The highest BCUT2D eigenvalue weighted by atomic mass is 15.0. The molecule has 0 saturated heterocycles. The molecule has 1 aliphatic rings. The van der Waals surface area contributed by atoms with E-state index in [-0.39, 0.29) is 5.41 Å². The Kier molecular flexibility index (Phi) is 3.21. The summed E-state index contributed by atoms with van der Waals surface area (Å²) in [7, 11) is 0. The van der Waals surface area contributed by atoms with Crippen molar-refractivity contribution in [3.8, 4) is 16.8 Å². The van der Waals surface area contributed by atoms with Crippen LogP contribution in [0.25, 0.3) is 38.6 Å². The Labute approximate surface area is 171 Å². The molecule has 0 spiro atoms. The molecule has 0 unspecified atom stereocenters. The lowest BCUT2D eigenvalue weighted by molar-refractivity contribution is 0.661. The Morgan fingerprint density at radius 1 is 0.621 bits per heavy atom. The number of hydrogen-bond donors (Lipinski definition) is 0. The number of rotatable bonds is 1. The van der Waals surface area contributed by atoms with E-state index < -0.39 is 0 Å². The molecule has 1 heteroatoms. The van der Waals surface area contributed by atoms with Crippen LogP contribution < -0.4 is 0 Å². The molecule has 0 amide bonds. The minimum Gasteiger partial charge on any atom is -0.309 e. The fourth-order valence-electron chi connectivity index (χ4n) is 5.18. The van der Waals surface area contributed by atoms with Gasteiger partial charge in [-0.25, -0.2) is 0 Å².